The Morgan fingerprint density at radius 3 is 1.95 bits per heavy atom. The van der Waals surface area contributed by atoms with Gasteiger partial charge in [-0.1, -0.05) is 36.7 Å². The number of alkyl halides is 1. The van der Waals surface area contributed by atoms with E-state index in [1.165, 1.54) is 0 Å². The van der Waals surface area contributed by atoms with Crippen molar-refractivity contribution in [2.24, 2.45) is 5.41 Å². The minimum Gasteiger partial charge on any atom is -0.352 e. The molecule has 0 bridgehead atoms. The summed E-state index contributed by atoms with van der Waals surface area (Å²) in [6.45, 7) is 10.9. The molecule has 1 aliphatic rings. The molecule has 1 rings (SSSR count). The molecule has 0 aromatic rings. The standard InChI is InChI=1S/C14H25BrN2O2/c1-13(2,3)12(19)17-8-6-10(7-9-17)16-11(18)14(4,5)15/h10H,6-9H2,1-5H3,(H,16,18). The number of nitrogens with one attached hydrogen (secondary N) is 1. The molecule has 1 fully saturated rings. The Balaban J connectivity index is 2.46. The lowest BCUT2D eigenvalue weighted by molar-refractivity contribution is -0.140. The van der Waals surface area contributed by atoms with Crippen molar-refractivity contribution in [1.29, 1.82) is 0 Å². The number of likely N-dealkylation sites (tertiary alicyclic amines) is 1. The van der Waals surface area contributed by atoms with Gasteiger partial charge in [-0.05, 0) is 26.7 Å². The molecule has 1 N–H and O–H groups in total. The highest BCUT2D eigenvalue weighted by Crippen LogP contribution is 2.22. The van der Waals surface area contributed by atoms with E-state index in [1.54, 1.807) is 0 Å². The van der Waals surface area contributed by atoms with Crippen molar-refractivity contribution < 1.29 is 9.59 Å². The number of amides is 2. The summed E-state index contributed by atoms with van der Waals surface area (Å²) >= 11 is 3.36. The van der Waals surface area contributed by atoms with E-state index in [2.05, 4.69) is 21.2 Å². The summed E-state index contributed by atoms with van der Waals surface area (Å²) in [6, 6.07) is 0.174. The molecule has 0 spiro atoms. The third-order valence-corrected chi connectivity index (χ3v) is 3.66. The fourth-order valence-corrected chi connectivity index (χ4v) is 2.17. The second-order valence-electron chi connectivity index (χ2n) is 6.76. The van der Waals surface area contributed by atoms with Crippen LogP contribution in [0.5, 0.6) is 0 Å². The predicted octanol–water partition coefficient (Wildman–Crippen LogP) is 2.31. The first kappa shape index (κ1) is 16.5. The van der Waals surface area contributed by atoms with Crippen LogP contribution in [0, 0.1) is 5.41 Å². The second kappa shape index (κ2) is 5.81. The summed E-state index contributed by atoms with van der Waals surface area (Å²) in [7, 11) is 0. The van der Waals surface area contributed by atoms with Crippen molar-refractivity contribution in [1.82, 2.24) is 10.2 Å². The molecule has 0 unspecified atom stereocenters. The van der Waals surface area contributed by atoms with Gasteiger partial charge >= 0.3 is 0 Å². The van der Waals surface area contributed by atoms with Gasteiger partial charge in [0.2, 0.25) is 11.8 Å². The van der Waals surface area contributed by atoms with Gasteiger partial charge in [0, 0.05) is 24.5 Å². The summed E-state index contributed by atoms with van der Waals surface area (Å²) in [4.78, 5) is 25.9. The first-order chi connectivity index (χ1) is 8.51. The second-order valence-corrected chi connectivity index (χ2v) is 8.74. The molecule has 0 aromatic carbocycles. The first-order valence-corrected chi connectivity index (χ1v) is 7.60. The fourth-order valence-electron chi connectivity index (χ4n) is 2.06. The van der Waals surface area contributed by atoms with Crippen molar-refractivity contribution >= 4 is 27.7 Å². The van der Waals surface area contributed by atoms with Crippen LogP contribution in [-0.4, -0.2) is 40.2 Å². The molecule has 1 aliphatic heterocycles. The van der Waals surface area contributed by atoms with E-state index >= 15 is 0 Å². The maximum absolute atomic E-state index is 12.1. The SMILES string of the molecule is CC(C)(C)C(=O)N1CCC(NC(=O)C(C)(C)Br)CC1. The van der Waals surface area contributed by atoms with Crippen LogP contribution < -0.4 is 5.32 Å². The maximum Gasteiger partial charge on any atom is 0.236 e. The average Bonchev–Trinajstić information content (AvgIpc) is 2.26. The topological polar surface area (TPSA) is 49.4 Å². The monoisotopic (exact) mass is 332 g/mol. The quantitative estimate of drug-likeness (QED) is 0.789. The number of hydrogen-bond donors (Lipinski definition) is 1. The van der Waals surface area contributed by atoms with Gasteiger partial charge in [0.15, 0.2) is 0 Å². The summed E-state index contributed by atoms with van der Waals surface area (Å²) in [6.07, 6.45) is 1.66. The minimum atomic E-state index is -0.536. The normalized spacial score (nSPS) is 18.3. The zero-order chi connectivity index (χ0) is 14.8. The Kier molecular flexibility index (Phi) is 5.04. The largest absolute Gasteiger partial charge is 0.352 e. The molecule has 0 atom stereocenters. The highest BCUT2D eigenvalue weighted by molar-refractivity contribution is 9.10. The highest BCUT2D eigenvalue weighted by Gasteiger charge is 2.32. The first-order valence-electron chi connectivity index (χ1n) is 6.81. The minimum absolute atomic E-state index is 0.00750. The summed E-state index contributed by atoms with van der Waals surface area (Å²) in [5.41, 5.74) is -0.325. The van der Waals surface area contributed by atoms with Crippen LogP contribution in [0.3, 0.4) is 0 Å². The van der Waals surface area contributed by atoms with Gasteiger partial charge in [-0.3, -0.25) is 9.59 Å². The molecule has 2 amide bonds. The zero-order valence-corrected chi connectivity index (χ0v) is 14.1. The van der Waals surface area contributed by atoms with Crippen LogP contribution in [0.2, 0.25) is 0 Å². The van der Waals surface area contributed by atoms with Gasteiger partial charge in [-0.15, -0.1) is 0 Å². The number of halogens is 1. The van der Waals surface area contributed by atoms with Gasteiger partial charge in [0.1, 0.15) is 0 Å². The summed E-state index contributed by atoms with van der Waals surface area (Å²) in [5.74, 6) is 0.200. The highest BCUT2D eigenvalue weighted by atomic mass is 79.9. The lowest BCUT2D eigenvalue weighted by Gasteiger charge is -2.36. The molecule has 1 saturated heterocycles. The molecule has 0 aliphatic carbocycles. The van der Waals surface area contributed by atoms with E-state index < -0.39 is 4.32 Å². The Hall–Kier alpha value is -0.580. The summed E-state index contributed by atoms with van der Waals surface area (Å²) in [5, 5.41) is 3.03. The zero-order valence-electron chi connectivity index (χ0n) is 12.5. The van der Waals surface area contributed by atoms with E-state index in [0.717, 1.165) is 25.9 Å². The lowest BCUT2D eigenvalue weighted by atomic mass is 9.93. The number of carbonyl (C=O) groups excluding carboxylic acids is 2. The van der Waals surface area contributed by atoms with Gasteiger partial charge in [-0.25, -0.2) is 0 Å². The van der Waals surface area contributed by atoms with Gasteiger partial charge < -0.3 is 10.2 Å². The Morgan fingerprint density at radius 1 is 1.11 bits per heavy atom. The maximum atomic E-state index is 12.1. The molecule has 0 radical (unpaired) electrons. The Bertz CT molecular complexity index is 347. The van der Waals surface area contributed by atoms with Gasteiger partial charge in [0.05, 0.1) is 4.32 Å². The summed E-state index contributed by atoms with van der Waals surface area (Å²) < 4.78 is -0.536. The lowest BCUT2D eigenvalue weighted by Crippen LogP contribution is -2.51. The number of carbonyl (C=O) groups is 2. The average molecular weight is 333 g/mol. The number of nitrogens with zero attached hydrogens (tertiary/aromatic N) is 1. The van der Waals surface area contributed by atoms with E-state index in [4.69, 9.17) is 0 Å². The Morgan fingerprint density at radius 2 is 1.58 bits per heavy atom. The molecular formula is C14H25BrN2O2. The van der Waals surface area contributed by atoms with Crippen LogP contribution in [0.1, 0.15) is 47.5 Å². The molecule has 4 nitrogen and oxygen atoms in total. The third-order valence-electron chi connectivity index (χ3n) is 3.30. The van der Waals surface area contributed by atoms with Crippen molar-refractivity contribution in [3.05, 3.63) is 0 Å². The molecule has 0 saturated carbocycles. The van der Waals surface area contributed by atoms with E-state index in [0.29, 0.717) is 0 Å². The van der Waals surface area contributed by atoms with Crippen LogP contribution in [0.15, 0.2) is 0 Å². The van der Waals surface area contributed by atoms with Crippen LogP contribution >= 0.6 is 15.9 Å². The van der Waals surface area contributed by atoms with E-state index in [1.807, 2.05) is 39.5 Å². The smallest absolute Gasteiger partial charge is 0.236 e. The molecular weight excluding hydrogens is 308 g/mol. The number of rotatable bonds is 2. The van der Waals surface area contributed by atoms with Gasteiger partial charge in [0.25, 0.3) is 0 Å². The number of piperidine rings is 1. The van der Waals surface area contributed by atoms with E-state index in [9.17, 15) is 9.59 Å². The van der Waals surface area contributed by atoms with Gasteiger partial charge in [-0.2, -0.15) is 0 Å². The predicted molar refractivity (Wildman–Crippen MR) is 80.2 cm³/mol. The molecule has 1 heterocycles. The van der Waals surface area contributed by atoms with Crippen molar-refractivity contribution in [2.45, 2.75) is 57.8 Å². The third kappa shape index (κ3) is 4.79. The fraction of sp³-hybridized carbons (Fsp3) is 0.857. The molecule has 19 heavy (non-hydrogen) atoms. The van der Waals surface area contributed by atoms with Crippen LogP contribution in [0.25, 0.3) is 0 Å². The molecule has 0 aromatic heterocycles. The molecule has 110 valence electrons. The van der Waals surface area contributed by atoms with E-state index in [-0.39, 0.29) is 23.3 Å². The van der Waals surface area contributed by atoms with Crippen molar-refractivity contribution in [3.63, 3.8) is 0 Å². The van der Waals surface area contributed by atoms with Crippen molar-refractivity contribution in [3.8, 4) is 0 Å². The Labute approximate surface area is 124 Å². The van der Waals surface area contributed by atoms with Crippen molar-refractivity contribution in [2.75, 3.05) is 13.1 Å². The number of hydrogen-bond acceptors (Lipinski definition) is 2. The van der Waals surface area contributed by atoms with Crippen LogP contribution in [0.4, 0.5) is 0 Å². The van der Waals surface area contributed by atoms with Crippen LogP contribution in [-0.2, 0) is 9.59 Å². The molecule has 5 heteroatoms.